The Balaban J connectivity index is 2.54. The molecule has 0 nitrogen and oxygen atoms in total. The fourth-order valence-electron chi connectivity index (χ4n) is 1.04. The van der Waals surface area contributed by atoms with E-state index in [9.17, 15) is 0 Å². The van der Waals surface area contributed by atoms with Gasteiger partial charge in [0.05, 0.1) is 0 Å². The average Bonchev–Trinajstić information content (AvgIpc) is 2.18. The van der Waals surface area contributed by atoms with E-state index < -0.39 is 0 Å². The average molecular weight is 140 g/mol. The molecule has 1 aliphatic rings. The molecule has 0 heterocycles. The Bertz CT molecular complexity index is 154. The summed E-state index contributed by atoms with van der Waals surface area (Å²) >= 11 is 4.34. The standard InChI is InChI=1S/C8H12S/c1-2-4-7-5-3-6-8(7)9/h3,5,9H,2,4,6H2,1H3. The molecule has 9 heavy (non-hydrogen) atoms. The molecule has 50 valence electrons. The molecule has 1 aliphatic carbocycles. The number of hydrogen-bond acceptors (Lipinski definition) is 1. The smallest absolute Gasteiger partial charge is 0.00339 e. The van der Waals surface area contributed by atoms with Gasteiger partial charge in [-0.1, -0.05) is 25.5 Å². The fourth-order valence-corrected chi connectivity index (χ4v) is 1.33. The van der Waals surface area contributed by atoms with Crippen molar-refractivity contribution < 1.29 is 0 Å². The first-order valence-corrected chi connectivity index (χ1v) is 3.87. The van der Waals surface area contributed by atoms with Gasteiger partial charge in [0.2, 0.25) is 0 Å². The van der Waals surface area contributed by atoms with Crippen molar-refractivity contribution >= 4 is 12.6 Å². The third-order valence-electron chi connectivity index (χ3n) is 1.52. The Kier molecular flexibility index (Phi) is 2.40. The van der Waals surface area contributed by atoms with Crippen LogP contribution in [0.4, 0.5) is 0 Å². The van der Waals surface area contributed by atoms with E-state index in [0.717, 1.165) is 6.42 Å². The van der Waals surface area contributed by atoms with Crippen LogP contribution in [-0.4, -0.2) is 0 Å². The number of rotatable bonds is 2. The molecular formula is C8H12S. The molecule has 0 fully saturated rings. The lowest BCUT2D eigenvalue weighted by Gasteiger charge is -1.96. The van der Waals surface area contributed by atoms with E-state index >= 15 is 0 Å². The molecule has 0 N–H and O–H groups in total. The molecule has 1 heteroatoms. The van der Waals surface area contributed by atoms with Crippen LogP contribution in [0.5, 0.6) is 0 Å². The Morgan fingerprint density at radius 3 is 2.89 bits per heavy atom. The molecule has 0 aromatic heterocycles. The van der Waals surface area contributed by atoms with Crippen molar-refractivity contribution in [3.63, 3.8) is 0 Å². The lowest BCUT2D eigenvalue weighted by Crippen LogP contribution is -1.75. The molecule has 1 rings (SSSR count). The summed E-state index contributed by atoms with van der Waals surface area (Å²) in [5, 5.41) is 0. The second kappa shape index (κ2) is 3.11. The SMILES string of the molecule is CCCC1=C(S)CC=C1. The summed E-state index contributed by atoms with van der Waals surface area (Å²) in [6.45, 7) is 2.19. The molecule has 0 unspecified atom stereocenters. The van der Waals surface area contributed by atoms with Gasteiger partial charge in [0, 0.05) is 0 Å². The summed E-state index contributed by atoms with van der Waals surface area (Å²) in [5.41, 5.74) is 1.43. The van der Waals surface area contributed by atoms with E-state index in [0.29, 0.717) is 0 Å². The summed E-state index contributed by atoms with van der Waals surface area (Å²) < 4.78 is 0. The van der Waals surface area contributed by atoms with E-state index in [1.54, 1.807) is 0 Å². The van der Waals surface area contributed by atoms with E-state index in [1.807, 2.05) is 0 Å². The topological polar surface area (TPSA) is 0 Å². The monoisotopic (exact) mass is 140 g/mol. The number of thiol groups is 1. The van der Waals surface area contributed by atoms with Gasteiger partial charge in [0.25, 0.3) is 0 Å². The highest BCUT2D eigenvalue weighted by molar-refractivity contribution is 7.84. The molecule has 0 atom stereocenters. The van der Waals surface area contributed by atoms with Crippen LogP contribution in [0.25, 0.3) is 0 Å². The molecular weight excluding hydrogens is 128 g/mol. The van der Waals surface area contributed by atoms with Gasteiger partial charge in [-0.3, -0.25) is 0 Å². The van der Waals surface area contributed by atoms with Crippen molar-refractivity contribution in [3.8, 4) is 0 Å². The van der Waals surface area contributed by atoms with Crippen LogP contribution < -0.4 is 0 Å². The van der Waals surface area contributed by atoms with Gasteiger partial charge in [-0.2, -0.15) is 0 Å². The van der Waals surface area contributed by atoms with Gasteiger partial charge in [-0.15, -0.1) is 12.6 Å². The molecule has 0 aromatic rings. The molecule has 0 spiro atoms. The fraction of sp³-hybridized carbons (Fsp3) is 0.500. The van der Waals surface area contributed by atoms with Gasteiger partial charge < -0.3 is 0 Å². The second-order valence-electron chi connectivity index (χ2n) is 2.33. The Labute approximate surface area is 62.1 Å². The molecule has 0 radical (unpaired) electrons. The minimum absolute atomic E-state index is 1.05. The van der Waals surface area contributed by atoms with Gasteiger partial charge in [0.15, 0.2) is 0 Å². The van der Waals surface area contributed by atoms with Crippen molar-refractivity contribution in [2.75, 3.05) is 0 Å². The normalized spacial score (nSPS) is 17.6. The molecule has 0 aromatic carbocycles. The predicted octanol–water partition coefficient (Wildman–Crippen LogP) is 2.93. The molecule has 0 saturated carbocycles. The van der Waals surface area contributed by atoms with Gasteiger partial charge in [-0.25, -0.2) is 0 Å². The van der Waals surface area contributed by atoms with Crippen LogP contribution in [0.15, 0.2) is 22.6 Å². The highest BCUT2D eigenvalue weighted by atomic mass is 32.1. The summed E-state index contributed by atoms with van der Waals surface area (Å²) in [4.78, 5) is 1.26. The van der Waals surface area contributed by atoms with Crippen LogP contribution in [0, 0.1) is 0 Å². The van der Waals surface area contributed by atoms with Crippen molar-refractivity contribution in [1.82, 2.24) is 0 Å². The first kappa shape index (κ1) is 6.94. The molecule has 0 amide bonds. The Morgan fingerprint density at radius 2 is 2.44 bits per heavy atom. The van der Waals surface area contributed by atoms with E-state index in [-0.39, 0.29) is 0 Å². The van der Waals surface area contributed by atoms with Crippen molar-refractivity contribution in [1.29, 1.82) is 0 Å². The minimum atomic E-state index is 1.05. The third kappa shape index (κ3) is 1.62. The van der Waals surface area contributed by atoms with E-state index in [2.05, 4.69) is 31.7 Å². The second-order valence-corrected chi connectivity index (χ2v) is 2.87. The molecule has 0 bridgehead atoms. The number of hydrogen-bond donors (Lipinski definition) is 1. The van der Waals surface area contributed by atoms with Crippen molar-refractivity contribution in [2.24, 2.45) is 0 Å². The first-order chi connectivity index (χ1) is 4.34. The Morgan fingerprint density at radius 1 is 1.67 bits per heavy atom. The first-order valence-electron chi connectivity index (χ1n) is 3.42. The van der Waals surface area contributed by atoms with E-state index in [4.69, 9.17) is 0 Å². The third-order valence-corrected chi connectivity index (χ3v) is 1.99. The zero-order valence-electron chi connectivity index (χ0n) is 5.72. The minimum Gasteiger partial charge on any atom is -0.147 e. The Hall–Kier alpha value is -0.170. The summed E-state index contributed by atoms with van der Waals surface area (Å²) in [7, 11) is 0. The zero-order valence-corrected chi connectivity index (χ0v) is 6.62. The quantitative estimate of drug-likeness (QED) is 0.560. The van der Waals surface area contributed by atoms with Crippen molar-refractivity contribution in [2.45, 2.75) is 26.2 Å². The summed E-state index contributed by atoms with van der Waals surface area (Å²) in [5.74, 6) is 0. The molecule has 0 saturated heterocycles. The van der Waals surface area contributed by atoms with Crippen LogP contribution >= 0.6 is 12.6 Å². The maximum Gasteiger partial charge on any atom is -0.00339 e. The van der Waals surface area contributed by atoms with Crippen LogP contribution in [-0.2, 0) is 0 Å². The molecule has 0 aliphatic heterocycles. The lowest BCUT2D eigenvalue weighted by molar-refractivity contribution is 0.926. The van der Waals surface area contributed by atoms with Crippen LogP contribution in [0.2, 0.25) is 0 Å². The van der Waals surface area contributed by atoms with Gasteiger partial charge in [0.1, 0.15) is 0 Å². The lowest BCUT2D eigenvalue weighted by atomic mass is 10.2. The van der Waals surface area contributed by atoms with Crippen molar-refractivity contribution in [3.05, 3.63) is 22.6 Å². The van der Waals surface area contributed by atoms with E-state index in [1.165, 1.54) is 23.3 Å². The summed E-state index contributed by atoms with van der Waals surface area (Å²) in [6, 6.07) is 0. The van der Waals surface area contributed by atoms with Gasteiger partial charge in [-0.05, 0) is 23.3 Å². The number of allylic oxidation sites excluding steroid dienone is 4. The predicted molar refractivity (Wildman–Crippen MR) is 44.7 cm³/mol. The highest BCUT2D eigenvalue weighted by Gasteiger charge is 2.02. The van der Waals surface area contributed by atoms with Gasteiger partial charge >= 0.3 is 0 Å². The maximum absolute atomic E-state index is 4.34. The zero-order chi connectivity index (χ0) is 6.69. The highest BCUT2D eigenvalue weighted by Crippen LogP contribution is 2.24. The maximum atomic E-state index is 4.34. The largest absolute Gasteiger partial charge is 0.147 e. The van der Waals surface area contributed by atoms with Crippen LogP contribution in [0.3, 0.4) is 0 Å². The summed E-state index contributed by atoms with van der Waals surface area (Å²) in [6.07, 6.45) is 7.83. The van der Waals surface area contributed by atoms with Crippen LogP contribution in [0.1, 0.15) is 26.2 Å².